The lowest BCUT2D eigenvalue weighted by atomic mass is 9.91. The van der Waals surface area contributed by atoms with Gasteiger partial charge in [0.1, 0.15) is 6.04 Å². The zero-order valence-corrected chi connectivity index (χ0v) is 25.0. The van der Waals surface area contributed by atoms with Crippen LogP contribution in [-0.4, -0.2) is 75.9 Å². The van der Waals surface area contributed by atoms with Crippen LogP contribution < -0.4 is 10.6 Å². The first-order valence-electron chi connectivity index (χ1n) is 14.2. The summed E-state index contributed by atoms with van der Waals surface area (Å²) in [5, 5.41) is 10.4. The Morgan fingerprint density at radius 1 is 1.23 bits per heavy atom. The minimum absolute atomic E-state index is 0.0396. The van der Waals surface area contributed by atoms with Crippen LogP contribution in [-0.2, 0) is 24.0 Å². The van der Waals surface area contributed by atoms with E-state index in [1.165, 1.54) is 0 Å². The summed E-state index contributed by atoms with van der Waals surface area (Å²) in [5.41, 5.74) is 0.676. The number of thioether (sulfide) groups is 1. The van der Waals surface area contributed by atoms with E-state index in [0.717, 1.165) is 29.9 Å². The molecule has 0 radical (unpaired) electrons. The van der Waals surface area contributed by atoms with E-state index in [4.69, 9.17) is 16.4 Å². The Morgan fingerprint density at radius 3 is 2.67 bits per heavy atom. The summed E-state index contributed by atoms with van der Waals surface area (Å²) in [7, 11) is 0. The summed E-state index contributed by atoms with van der Waals surface area (Å²) in [4.78, 5) is 60.4. The highest BCUT2D eigenvalue weighted by molar-refractivity contribution is 7.99. The Labute approximate surface area is 245 Å². The smallest absolute Gasteiger partial charge is 0.289 e. The van der Waals surface area contributed by atoms with Crippen LogP contribution in [0.4, 0.5) is 0 Å². The van der Waals surface area contributed by atoms with E-state index in [-0.39, 0.29) is 30.8 Å². The number of carbonyl (C=O) groups excluding carboxylic acids is 4. The first-order chi connectivity index (χ1) is 19.2. The largest absolute Gasteiger partial charge is 0.387 e. The Morgan fingerprint density at radius 2 is 2.00 bits per heavy atom. The molecule has 0 aromatic heterocycles. The van der Waals surface area contributed by atoms with Crippen LogP contribution in [0, 0.1) is 5.92 Å². The topological polar surface area (TPSA) is 117 Å². The van der Waals surface area contributed by atoms with Gasteiger partial charge in [0.05, 0.1) is 18.3 Å². The Kier molecular flexibility index (Phi) is 10.2. The predicted molar refractivity (Wildman–Crippen MR) is 156 cm³/mol. The van der Waals surface area contributed by atoms with Crippen molar-refractivity contribution in [3.63, 3.8) is 0 Å². The minimum atomic E-state index is -0.953. The molecule has 1 aliphatic carbocycles. The molecule has 2 N–H and O–H groups in total. The summed E-state index contributed by atoms with van der Waals surface area (Å²) in [6, 6.07) is 5.57. The molecule has 11 heteroatoms. The summed E-state index contributed by atoms with van der Waals surface area (Å²) < 4.78 is 0. The van der Waals surface area contributed by atoms with Crippen molar-refractivity contribution in [3.8, 4) is 0 Å². The van der Waals surface area contributed by atoms with Crippen LogP contribution in [0.3, 0.4) is 0 Å². The number of benzene rings is 1. The van der Waals surface area contributed by atoms with Crippen LogP contribution >= 0.6 is 23.4 Å². The molecule has 1 spiro atoms. The number of hydrogen-bond donors (Lipinski definition) is 2. The van der Waals surface area contributed by atoms with Crippen molar-refractivity contribution < 1.29 is 24.0 Å². The van der Waals surface area contributed by atoms with E-state index in [2.05, 4.69) is 22.7 Å². The van der Waals surface area contributed by atoms with Gasteiger partial charge in [-0.15, -0.1) is 0 Å². The molecule has 9 nitrogen and oxygen atoms in total. The summed E-state index contributed by atoms with van der Waals surface area (Å²) >= 11 is 7.95. The van der Waals surface area contributed by atoms with E-state index in [0.29, 0.717) is 36.4 Å². The summed E-state index contributed by atoms with van der Waals surface area (Å²) in [6.07, 6.45) is 4.00. The standard InChI is InChI=1S/C29H39ClN4O5S/c1-4-7-22(25(35)27(37)31-21-10-11-21)32-26(36)24-16-29(17-34(24)28(38)18(3)12-13-40-5-2)15-23(33-39-29)19-8-6-9-20(30)14-19/h6,8-9,14,18,21-22,24H,4-5,7,10-13,15-17H2,1-3H3,(H,31,37)(H,32,36)/t18-,22-,24-,29?/m0/s1. The fraction of sp³-hybridized carbons (Fsp3) is 0.621. The number of ketones is 1. The molecule has 1 aromatic rings. The number of halogens is 1. The molecule has 1 saturated heterocycles. The third-order valence-corrected chi connectivity index (χ3v) is 8.82. The van der Waals surface area contributed by atoms with Gasteiger partial charge in [-0.2, -0.15) is 11.8 Å². The SMILES string of the molecule is CCC[C@H](NC(=O)[C@@H]1CC2(CC(c3cccc(Cl)c3)=NO2)CN1C(=O)[C@@H](C)CCSCC)C(=O)C(=O)NC1CC1. The maximum atomic E-state index is 13.7. The molecule has 2 fully saturated rings. The highest BCUT2D eigenvalue weighted by Gasteiger charge is 2.54. The first kappa shape index (κ1) is 30.4. The molecule has 218 valence electrons. The number of nitrogens with one attached hydrogen (secondary N) is 2. The number of likely N-dealkylation sites (tertiary alicyclic amines) is 1. The summed E-state index contributed by atoms with van der Waals surface area (Å²) in [6.45, 7) is 6.06. The van der Waals surface area contributed by atoms with Crippen molar-refractivity contribution in [1.29, 1.82) is 0 Å². The lowest BCUT2D eigenvalue weighted by Gasteiger charge is -2.28. The van der Waals surface area contributed by atoms with Gasteiger partial charge < -0.3 is 20.4 Å². The zero-order valence-electron chi connectivity index (χ0n) is 23.4. The molecular weight excluding hydrogens is 552 g/mol. The molecule has 40 heavy (non-hydrogen) atoms. The molecule has 4 atom stereocenters. The Bertz CT molecular complexity index is 1160. The minimum Gasteiger partial charge on any atom is -0.387 e. The molecule has 3 aliphatic rings. The number of Topliss-reactive ketones (excluding diaryl/α,β-unsaturated/α-hetero) is 1. The fourth-order valence-corrected chi connectivity index (χ4v) is 6.23. The number of carbonyl (C=O) groups is 4. The van der Waals surface area contributed by atoms with Gasteiger partial charge in [0.25, 0.3) is 5.91 Å². The van der Waals surface area contributed by atoms with Gasteiger partial charge in [-0.25, -0.2) is 0 Å². The van der Waals surface area contributed by atoms with Crippen LogP contribution in [0.1, 0.15) is 71.3 Å². The van der Waals surface area contributed by atoms with Crippen molar-refractivity contribution in [2.24, 2.45) is 11.1 Å². The van der Waals surface area contributed by atoms with E-state index in [1.54, 1.807) is 22.7 Å². The van der Waals surface area contributed by atoms with Crippen LogP contribution in [0.2, 0.25) is 5.02 Å². The van der Waals surface area contributed by atoms with E-state index in [9.17, 15) is 19.2 Å². The van der Waals surface area contributed by atoms with Crippen molar-refractivity contribution in [3.05, 3.63) is 34.9 Å². The number of hydrogen-bond acceptors (Lipinski definition) is 7. The highest BCUT2D eigenvalue weighted by Crippen LogP contribution is 2.40. The van der Waals surface area contributed by atoms with Gasteiger partial charge in [0, 0.05) is 35.4 Å². The molecular formula is C29H39ClN4O5S. The molecule has 4 rings (SSSR count). The molecule has 1 aromatic carbocycles. The second-order valence-corrected chi connectivity index (χ2v) is 12.9. The Balaban J connectivity index is 1.51. The van der Waals surface area contributed by atoms with E-state index < -0.39 is 35.3 Å². The van der Waals surface area contributed by atoms with Gasteiger partial charge in [0.15, 0.2) is 5.60 Å². The normalized spacial score (nSPS) is 23.4. The van der Waals surface area contributed by atoms with Crippen molar-refractivity contribution in [2.75, 3.05) is 18.1 Å². The zero-order chi connectivity index (χ0) is 28.9. The van der Waals surface area contributed by atoms with Gasteiger partial charge in [-0.3, -0.25) is 19.2 Å². The van der Waals surface area contributed by atoms with Gasteiger partial charge >= 0.3 is 0 Å². The third-order valence-electron chi connectivity index (χ3n) is 7.65. The van der Waals surface area contributed by atoms with Crippen molar-refractivity contribution >= 4 is 52.6 Å². The maximum Gasteiger partial charge on any atom is 0.289 e. The number of nitrogens with zero attached hydrogens (tertiary/aromatic N) is 2. The van der Waals surface area contributed by atoms with Gasteiger partial charge in [-0.1, -0.05) is 56.1 Å². The second-order valence-electron chi connectivity index (χ2n) is 11.0. The molecule has 2 heterocycles. The lowest BCUT2D eigenvalue weighted by molar-refractivity contribution is -0.143. The maximum absolute atomic E-state index is 13.7. The molecule has 0 bridgehead atoms. The van der Waals surface area contributed by atoms with Gasteiger partial charge in [0.2, 0.25) is 17.6 Å². The lowest BCUT2D eigenvalue weighted by Crippen LogP contribution is -2.54. The van der Waals surface area contributed by atoms with Gasteiger partial charge in [-0.05, 0) is 49.3 Å². The van der Waals surface area contributed by atoms with Crippen LogP contribution in [0.5, 0.6) is 0 Å². The quantitative estimate of drug-likeness (QED) is 0.267. The van der Waals surface area contributed by atoms with E-state index in [1.807, 2.05) is 32.0 Å². The number of oxime groups is 1. The molecule has 1 saturated carbocycles. The van der Waals surface area contributed by atoms with Crippen LogP contribution in [0.15, 0.2) is 29.4 Å². The predicted octanol–water partition coefficient (Wildman–Crippen LogP) is 3.72. The van der Waals surface area contributed by atoms with Crippen molar-refractivity contribution in [2.45, 2.75) is 89.4 Å². The molecule has 2 aliphatic heterocycles. The van der Waals surface area contributed by atoms with E-state index >= 15 is 0 Å². The third kappa shape index (κ3) is 7.37. The monoisotopic (exact) mass is 590 g/mol. The molecule has 3 amide bonds. The van der Waals surface area contributed by atoms with Crippen molar-refractivity contribution in [1.82, 2.24) is 15.5 Å². The highest BCUT2D eigenvalue weighted by atomic mass is 35.5. The fourth-order valence-electron chi connectivity index (χ4n) is 5.23. The number of amides is 3. The second kappa shape index (κ2) is 13.4. The molecule has 1 unspecified atom stereocenters. The summed E-state index contributed by atoms with van der Waals surface area (Å²) in [5.74, 6) is -0.362. The average molecular weight is 591 g/mol. The first-order valence-corrected chi connectivity index (χ1v) is 15.7. The van der Waals surface area contributed by atoms with Crippen LogP contribution in [0.25, 0.3) is 0 Å². The average Bonchev–Trinajstić information content (AvgIpc) is 3.53. The Hall–Kier alpha value is -2.59. The number of rotatable bonds is 13.